The van der Waals surface area contributed by atoms with Gasteiger partial charge in [0.25, 0.3) is 0 Å². The van der Waals surface area contributed by atoms with Gasteiger partial charge >= 0.3 is 5.97 Å². The maximum absolute atomic E-state index is 11.7. The number of ether oxygens (including phenoxy) is 1. The molecular formula is C12H15N3O5. The highest BCUT2D eigenvalue weighted by Gasteiger charge is 2.21. The van der Waals surface area contributed by atoms with E-state index in [2.05, 4.69) is 15.0 Å². The summed E-state index contributed by atoms with van der Waals surface area (Å²) in [6.07, 6.45) is 4.85. The van der Waals surface area contributed by atoms with Crippen LogP contribution < -0.4 is 0 Å². The molecule has 0 aliphatic heterocycles. The summed E-state index contributed by atoms with van der Waals surface area (Å²) in [5, 5.41) is 0. The second-order valence-electron chi connectivity index (χ2n) is 3.88. The van der Waals surface area contributed by atoms with Gasteiger partial charge in [0.05, 0.1) is 13.1 Å². The molecule has 8 nitrogen and oxygen atoms in total. The smallest absolute Gasteiger partial charge is 0.332 e. The van der Waals surface area contributed by atoms with Crippen molar-refractivity contribution in [2.45, 2.75) is 38.3 Å². The summed E-state index contributed by atoms with van der Waals surface area (Å²) < 4.78 is 4.98. The molecule has 0 aliphatic rings. The van der Waals surface area contributed by atoms with Gasteiger partial charge in [-0.25, -0.2) is 29.2 Å². The first-order valence-corrected chi connectivity index (χ1v) is 6.00. The number of hydrogen-bond donors (Lipinski definition) is 0. The standard InChI is InChI=1S/C12H15N3O5/c1-10(6-14-8-17)20-12(19)11(15-9-18)4-2-3-5-13-7-16/h10-11H,2-6H2,1H3. The van der Waals surface area contributed by atoms with Crippen LogP contribution in [0.5, 0.6) is 0 Å². The maximum atomic E-state index is 11.7. The highest BCUT2D eigenvalue weighted by Crippen LogP contribution is 2.08. The second-order valence-corrected chi connectivity index (χ2v) is 3.88. The number of nitrogens with zero attached hydrogens (tertiary/aromatic N) is 3. The van der Waals surface area contributed by atoms with E-state index in [1.165, 1.54) is 18.2 Å². The fraction of sp³-hybridized carbons (Fsp3) is 0.667. The monoisotopic (exact) mass is 281 g/mol. The Morgan fingerprint density at radius 3 is 2.40 bits per heavy atom. The molecule has 2 unspecified atom stereocenters. The van der Waals surface area contributed by atoms with Crippen molar-refractivity contribution in [2.24, 2.45) is 15.0 Å². The minimum atomic E-state index is -0.949. The lowest BCUT2D eigenvalue weighted by molar-refractivity contribution is -0.149. The number of carbonyl (C=O) groups is 1. The number of unbranched alkanes of at least 4 members (excludes halogenated alkanes) is 1. The number of rotatable bonds is 10. The molecule has 0 radical (unpaired) electrons. The fourth-order valence-corrected chi connectivity index (χ4v) is 1.35. The summed E-state index contributed by atoms with van der Waals surface area (Å²) in [5.74, 6) is -0.680. The van der Waals surface area contributed by atoms with Gasteiger partial charge in [-0.2, -0.15) is 4.99 Å². The van der Waals surface area contributed by atoms with Crippen LogP contribution in [0.2, 0.25) is 0 Å². The van der Waals surface area contributed by atoms with Crippen LogP contribution in [0.4, 0.5) is 0 Å². The molecule has 0 saturated heterocycles. The van der Waals surface area contributed by atoms with E-state index in [1.54, 1.807) is 6.92 Å². The van der Waals surface area contributed by atoms with Crippen LogP contribution >= 0.6 is 0 Å². The van der Waals surface area contributed by atoms with Crippen molar-refractivity contribution in [1.29, 1.82) is 0 Å². The zero-order valence-corrected chi connectivity index (χ0v) is 11.1. The predicted molar refractivity (Wildman–Crippen MR) is 67.3 cm³/mol. The van der Waals surface area contributed by atoms with Crippen LogP contribution in [-0.2, 0) is 23.9 Å². The third-order valence-corrected chi connectivity index (χ3v) is 2.27. The molecule has 8 heteroatoms. The number of carbonyl (C=O) groups excluding carboxylic acids is 4. The van der Waals surface area contributed by atoms with Crippen LogP contribution in [0.3, 0.4) is 0 Å². The Kier molecular flexibility index (Phi) is 10.3. The van der Waals surface area contributed by atoms with Crippen LogP contribution in [0.25, 0.3) is 0 Å². The molecule has 2 atom stereocenters. The molecule has 0 fully saturated rings. The summed E-state index contributed by atoms with van der Waals surface area (Å²) >= 11 is 0. The van der Waals surface area contributed by atoms with Crippen molar-refractivity contribution in [3.8, 4) is 0 Å². The van der Waals surface area contributed by atoms with Crippen molar-refractivity contribution < 1.29 is 23.9 Å². The molecule has 0 aromatic rings. The number of hydrogen-bond acceptors (Lipinski definition) is 8. The van der Waals surface area contributed by atoms with Gasteiger partial charge in [-0.1, -0.05) is 0 Å². The fourth-order valence-electron chi connectivity index (χ4n) is 1.35. The molecule has 0 aromatic carbocycles. The quantitative estimate of drug-likeness (QED) is 0.250. The molecule has 0 heterocycles. The average molecular weight is 281 g/mol. The number of isocyanates is 3. The number of esters is 1. The van der Waals surface area contributed by atoms with Gasteiger partial charge in [-0.3, -0.25) is 0 Å². The van der Waals surface area contributed by atoms with Gasteiger partial charge in [0, 0.05) is 0 Å². The third kappa shape index (κ3) is 8.66. The van der Waals surface area contributed by atoms with E-state index in [0.717, 1.165) is 0 Å². The summed E-state index contributed by atoms with van der Waals surface area (Å²) in [4.78, 5) is 51.8. The zero-order valence-electron chi connectivity index (χ0n) is 11.1. The largest absolute Gasteiger partial charge is 0.459 e. The Morgan fingerprint density at radius 1 is 1.10 bits per heavy atom. The average Bonchev–Trinajstić information content (AvgIpc) is 2.43. The van der Waals surface area contributed by atoms with E-state index < -0.39 is 18.1 Å². The highest BCUT2D eigenvalue weighted by molar-refractivity contribution is 5.77. The van der Waals surface area contributed by atoms with Gasteiger partial charge in [0.1, 0.15) is 6.10 Å². The van der Waals surface area contributed by atoms with E-state index in [4.69, 9.17) is 4.74 Å². The molecule has 0 aromatic heterocycles. The maximum Gasteiger partial charge on any atom is 0.332 e. The Bertz CT molecular complexity index is 446. The minimum absolute atomic E-state index is 0.000807. The van der Waals surface area contributed by atoms with E-state index in [1.807, 2.05) is 0 Å². The van der Waals surface area contributed by atoms with Gasteiger partial charge in [-0.05, 0) is 26.2 Å². The SMILES string of the molecule is CC(CN=C=O)OC(=O)C(CCCCN=C=O)N=C=O. The van der Waals surface area contributed by atoms with Crippen molar-refractivity contribution in [1.82, 2.24) is 0 Å². The van der Waals surface area contributed by atoms with E-state index >= 15 is 0 Å². The third-order valence-electron chi connectivity index (χ3n) is 2.27. The van der Waals surface area contributed by atoms with Crippen LogP contribution in [0.1, 0.15) is 26.2 Å². The first-order chi connectivity index (χ1) is 9.65. The topological polar surface area (TPSA) is 115 Å². The molecule has 0 saturated carbocycles. The molecular weight excluding hydrogens is 266 g/mol. The highest BCUT2D eigenvalue weighted by atomic mass is 16.5. The van der Waals surface area contributed by atoms with E-state index in [0.29, 0.717) is 19.4 Å². The molecule has 0 N–H and O–H groups in total. The lowest BCUT2D eigenvalue weighted by Crippen LogP contribution is -2.27. The summed E-state index contributed by atoms with van der Waals surface area (Å²) in [7, 11) is 0. The molecule has 0 bridgehead atoms. The lowest BCUT2D eigenvalue weighted by atomic mass is 10.1. The minimum Gasteiger partial charge on any atom is -0.459 e. The lowest BCUT2D eigenvalue weighted by Gasteiger charge is -2.14. The first kappa shape index (κ1) is 17.6. The molecule has 0 aliphatic carbocycles. The summed E-state index contributed by atoms with van der Waals surface area (Å²) in [5.41, 5.74) is 0. The Morgan fingerprint density at radius 2 is 1.80 bits per heavy atom. The molecule has 0 amide bonds. The summed E-state index contributed by atoms with van der Waals surface area (Å²) in [6.45, 7) is 1.86. The molecule has 0 rings (SSSR count). The van der Waals surface area contributed by atoms with Crippen LogP contribution in [0.15, 0.2) is 15.0 Å². The first-order valence-electron chi connectivity index (χ1n) is 6.00. The van der Waals surface area contributed by atoms with E-state index in [-0.39, 0.29) is 13.0 Å². The van der Waals surface area contributed by atoms with Crippen LogP contribution in [0, 0.1) is 0 Å². The molecule has 20 heavy (non-hydrogen) atoms. The van der Waals surface area contributed by atoms with Crippen LogP contribution in [-0.4, -0.2) is 49.4 Å². The van der Waals surface area contributed by atoms with Gasteiger partial charge in [0.2, 0.25) is 18.2 Å². The second kappa shape index (κ2) is 11.7. The predicted octanol–water partition coefficient (Wildman–Crippen LogP) is 0.464. The van der Waals surface area contributed by atoms with Crippen molar-refractivity contribution in [3.63, 3.8) is 0 Å². The zero-order chi connectivity index (χ0) is 15.2. The summed E-state index contributed by atoms with van der Waals surface area (Å²) in [6, 6.07) is -0.949. The number of aliphatic imine (C=N–C) groups is 3. The van der Waals surface area contributed by atoms with Gasteiger partial charge in [-0.15, -0.1) is 0 Å². The van der Waals surface area contributed by atoms with Crippen molar-refractivity contribution in [3.05, 3.63) is 0 Å². The Hall–Kier alpha value is -2.39. The van der Waals surface area contributed by atoms with E-state index in [9.17, 15) is 19.2 Å². The van der Waals surface area contributed by atoms with Crippen molar-refractivity contribution >= 4 is 24.2 Å². The van der Waals surface area contributed by atoms with Gasteiger partial charge < -0.3 is 4.74 Å². The van der Waals surface area contributed by atoms with Gasteiger partial charge in [0.15, 0.2) is 6.04 Å². The Balaban J connectivity index is 4.28. The van der Waals surface area contributed by atoms with Crippen molar-refractivity contribution in [2.75, 3.05) is 13.1 Å². The Labute approximate surface area is 115 Å². The molecule has 108 valence electrons. The molecule has 0 spiro atoms. The normalized spacial score (nSPS) is 12.1.